The van der Waals surface area contributed by atoms with E-state index in [9.17, 15) is 4.79 Å². The standard InChI is InChI=1S/C21H28N2O2/c1-22(2)20-11-9-18(10-12-20)7-8-19-13-16-23(17-14-19)15-5-3-4-6-21(24)25/h7-14,16H,3-6,15,17H2,1-2H3,(H,24,25). The Morgan fingerprint density at radius 2 is 1.92 bits per heavy atom. The molecule has 1 N–H and O–H groups in total. The predicted octanol–water partition coefficient (Wildman–Crippen LogP) is 4.17. The van der Waals surface area contributed by atoms with E-state index in [-0.39, 0.29) is 6.42 Å². The second kappa shape index (κ2) is 9.72. The van der Waals surface area contributed by atoms with Gasteiger partial charge in [-0.2, -0.15) is 0 Å². The van der Waals surface area contributed by atoms with Crippen molar-refractivity contribution < 1.29 is 9.90 Å². The van der Waals surface area contributed by atoms with Gasteiger partial charge in [0, 0.05) is 39.3 Å². The third-order valence-electron chi connectivity index (χ3n) is 4.25. The average molecular weight is 340 g/mol. The Hall–Kier alpha value is -2.49. The molecule has 0 unspecified atom stereocenters. The molecule has 0 aromatic heterocycles. The summed E-state index contributed by atoms with van der Waals surface area (Å²) in [7, 11) is 4.08. The number of nitrogens with zero attached hydrogens (tertiary/aromatic N) is 2. The van der Waals surface area contributed by atoms with Crippen LogP contribution in [0.2, 0.25) is 0 Å². The van der Waals surface area contributed by atoms with Crippen molar-refractivity contribution in [2.45, 2.75) is 25.7 Å². The number of carboxylic acids is 1. The summed E-state index contributed by atoms with van der Waals surface area (Å²) in [6.45, 7) is 1.89. The van der Waals surface area contributed by atoms with Crippen LogP contribution in [0.1, 0.15) is 31.2 Å². The Kier molecular flexibility index (Phi) is 7.33. The van der Waals surface area contributed by atoms with Crippen LogP contribution in [-0.4, -0.2) is 43.2 Å². The molecule has 0 radical (unpaired) electrons. The number of rotatable bonds is 9. The SMILES string of the molecule is CN(C)c1ccc(C=CC2=CCN(CCCCCC(=O)O)C=C2)cc1. The van der Waals surface area contributed by atoms with Crippen LogP contribution in [0.25, 0.3) is 6.08 Å². The maximum atomic E-state index is 10.5. The molecule has 0 saturated heterocycles. The fraction of sp³-hybridized carbons (Fsp3) is 0.381. The van der Waals surface area contributed by atoms with E-state index in [1.54, 1.807) is 0 Å². The molecule has 1 aromatic carbocycles. The van der Waals surface area contributed by atoms with E-state index in [2.05, 4.69) is 64.6 Å². The maximum absolute atomic E-state index is 10.5. The van der Waals surface area contributed by atoms with Gasteiger partial charge in [-0.3, -0.25) is 4.79 Å². The molecular formula is C21H28N2O2. The molecule has 1 heterocycles. The molecular weight excluding hydrogens is 312 g/mol. The number of hydrogen-bond acceptors (Lipinski definition) is 3. The first-order valence-corrected chi connectivity index (χ1v) is 8.84. The predicted molar refractivity (Wildman–Crippen MR) is 105 cm³/mol. The Morgan fingerprint density at radius 3 is 2.52 bits per heavy atom. The second-order valence-corrected chi connectivity index (χ2v) is 6.54. The van der Waals surface area contributed by atoms with Crippen LogP contribution in [0.3, 0.4) is 0 Å². The van der Waals surface area contributed by atoms with Gasteiger partial charge in [0.15, 0.2) is 0 Å². The van der Waals surface area contributed by atoms with Crippen molar-refractivity contribution >= 4 is 17.7 Å². The molecule has 4 nitrogen and oxygen atoms in total. The summed E-state index contributed by atoms with van der Waals surface area (Å²) in [6, 6.07) is 8.50. The summed E-state index contributed by atoms with van der Waals surface area (Å²) in [4.78, 5) is 14.8. The molecule has 0 atom stereocenters. The van der Waals surface area contributed by atoms with E-state index in [4.69, 9.17) is 5.11 Å². The van der Waals surface area contributed by atoms with Crippen molar-refractivity contribution in [2.75, 3.05) is 32.1 Å². The zero-order chi connectivity index (χ0) is 18.1. The lowest BCUT2D eigenvalue weighted by Gasteiger charge is -2.21. The monoisotopic (exact) mass is 340 g/mol. The van der Waals surface area contributed by atoms with E-state index in [1.165, 1.54) is 16.8 Å². The summed E-state index contributed by atoms with van der Waals surface area (Å²) < 4.78 is 0. The zero-order valence-corrected chi connectivity index (χ0v) is 15.2. The zero-order valence-electron chi connectivity index (χ0n) is 15.2. The van der Waals surface area contributed by atoms with E-state index in [0.717, 1.165) is 32.4 Å². The molecule has 1 aliphatic rings. The summed E-state index contributed by atoms with van der Waals surface area (Å²) in [5, 5.41) is 8.62. The first-order valence-electron chi connectivity index (χ1n) is 8.84. The van der Waals surface area contributed by atoms with Crippen molar-refractivity contribution in [1.29, 1.82) is 0 Å². The van der Waals surface area contributed by atoms with Gasteiger partial charge in [-0.05, 0) is 48.4 Å². The quantitative estimate of drug-likeness (QED) is 0.685. The van der Waals surface area contributed by atoms with Crippen molar-refractivity contribution in [1.82, 2.24) is 4.90 Å². The summed E-state index contributed by atoms with van der Waals surface area (Å²) >= 11 is 0. The minimum absolute atomic E-state index is 0.278. The van der Waals surface area contributed by atoms with Gasteiger partial charge in [0.2, 0.25) is 0 Å². The number of allylic oxidation sites excluding steroid dienone is 3. The number of carboxylic acid groups (broad SMARTS) is 1. The Bertz CT molecular complexity index is 642. The topological polar surface area (TPSA) is 43.8 Å². The molecule has 0 bridgehead atoms. The summed E-state index contributed by atoms with van der Waals surface area (Å²) in [5.74, 6) is -0.700. The van der Waals surface area contributed by atoms with Gasteiger partial charge in [-0.25, -0.2) is 0 Å². The largest absolute Gasteiger partial charge is 0.481 e. The smallest absolute Gasteiger partial charge is 0.303 e. The number of anilines is 1. The van der Waals surface area contributed by atoms with Gasteiger partial charge in [0.25, 0.3) is 0 Å². The van der Waals surface area contributed by atoms with Gasteiger partial charge in [-0.15, -0.1) is 0 Å². The van der Waals surface area contributed by atoms with Crippen LogP contribution in [0.15, 0.2) is 54.3 Å². The Labute approximate surface area is 150 Å². The average Bonchev–Trinajstić information content (AvgIpc) is 2.61. The molecule has 0 spiro atoms. The fourth-order valence-corrected chi connectivity index (χ4v) is 2.68. The first kappa shape index (κ1) is 18.8. The molecule has 1 aromatic rings. The fourth-order valence-electron chi connectivity index (χ4n) is 2.68. The number of hydrogen-bond donors (Lipinski definition) is 1. The first-order chi connectivity index (χ1) is 12.0. The molecule has 134 valence electrons. The molecule has 2 rings (SSSR count). The molecule has 4 heteroatoms. The second-order valence-electron chi connectivity index (χ2n) is 6.54. The van der Waals surface area contributed by atoms with Crippen molar-refractivity contribution in [3.8, 4) is 0 Å². The highest BCUT2D eigenvalue weighted by Gasteiger charge is 2.03. The summed E-state index contributed by atoms with van der Waals surface area (Å²) in [6.07, 6.45) is 13.8. The minimum Gasteiger partial charge on any atom is -0.481 e. The highest BCUT2D eigenvalue weighted by molar-refractivity contribution is 5.66. The Balaban J connectivity index is 1.73. The van der Waals surface area contributed by atoms with E-state index >= 15 is 0 Å². The lowest BCUT2D eigenvalue weighted by Crippen LogP contribution is -2.20. The highest BCUT2D eigenvalue weighted by Crippen LogP contribution is 2.15. The number of benzene rings is 1. The lowest BCUT2D eigenvalue weighted by atomic mass is 10.1. The number of unbranched alkanes of at least 4 members (excludes halogenated alkanes) is 2. The molecule has 25 heavy (non-hydrogen) atoms. The number of carbonyl (C=O) groups is 1. The third kappa shape index (κ3) is 6.87. The molecule has 1 aliphatic heterocycles. The lowest BCUT2D eigenvalue weighted by molar-refractivity contribution is -0.137. The van der Waals surface area contributed by atoms with E-state index in [0.29, 0.717) is 0 Å². The van der Waals surface area contributed by atoms with Gasteiger partial charge in [-0.1, -0.05) is 36.8 Å². The highest BCUT2D eigenvalue weighted by atomic mass is 16.4. The van der Waals surface area contributed by atoms with E-state index in [1.807, 2.05) is 14.1 Å². The third-order valence-corrected chi connectivity index (χ3v) is 4.25. The van der Waals surface area contributed by atoms with Gasteiger partial charge >= 0.3 is 5.97 Å². The minimum atomic E-state index is -0.700. The van der Waals surface area contributed by atoms with Crippen LogP contribution in [0.4, 0.5) is 5.69 Å². The maximum Gasteiger partial charge on any atom is 0.303 e. The molecule has 0 amide bonds. The molecule has 0 saturated carbocycles. The van der Waals surface area contributed by atoms with Crippen molar-refractivity contribution in [3.63, 3.8) is 0 Å². The van der Waals surface area contributed by atoms with E-state index < -0.39 is 5.97 Å². The molecule has 0 aliphatic carbocycles. The van der Waals surface area contributed by atoms with Crippen molar-refractivity contribution in [2.24, 2.45) is 0 Å². The van der Waals surface area contributed by atoms with Crippen LogP contribution in [0, 0.1) is 0 Å². The Morgan fingerprint density at radius 1 is 1.16 bits per heavy atom. The molecule has 0 fully saturated rings. The van der Waals surface area contributed by atoms with Crippen LogP contribution >= 0.6 is 0 Å². The van der Waals surface area contributed by atoms with Crippen LogP contribution in [0.5, 0.6) is 0 Å². The van der Waals surface area contributed by atoms with Gasteiger partial charge < -0.3 is 14.9 Å². The number of aliphatic carboxylic acids is 1. The summed E-state index contributed by atoms with van der Waals surface area (Å²) in [5.41, 5.74) is 3.62. The van der Waals surface area contributed by atoms with Gasteiger partial charge in [0.1, 0.15) is 0 Å². The van der Waals surface area contributed by atoms with Gasteiger partial charge in [0.05, 0.1) is 0 Å². The van der Waals surface area contributed by atoms with Crippen molar-refractivity contribution in [3.05, 3.63) is 59.8 Å². The van der Waals surface area contributed by atoms with Crippen LogP contribution < -0.4 is 4.90 Å². The van der Waals surface area contributed by atoms with Crippen LogP contribution in [-0.2, 0) is 4.79 Å². The normalized spacial score (nSPS) is 14.0.